The zero-order valence-electron chi connectivity index (χ0n) is 7.16. The van der Waals surface area contributed by atoms with E-state index in [9.17, 15) is 4.79 Å². The Kier molecular flexibility index (Phi) is 3.82. The first kappa shape index (κ1) is 10.1. The number of aryl methyl sites for hydroxylation is 1. The van der Waals surface area contributed by atoms with Crippen LogP contribution in [-0.2, 0) is 16.0 Å². The van der Waals surface area contributed by atoms with Crippen molar-refractivity contribution >= 4 is 22.4 Å². The Labute approximate surface area is 84.5 Å². The van der Waals surface area contributed by atoms with Crippen molar-refractivity contribution in [3.05, 3.63) is 22.2 Å². The average Bonchev–Trinajstić information content (AvgIpc) is 2.11. The molecule has 0 saturated carbocycles. The van der Waals surface area contributed by atoms with Crippen LogP contribution in [-0.4, -0.2) is 23.0 Å². The quantitative estimate of drug-likeness (QED) is 0.592. The number of aromatic nitrogens is 2. The molecule has 1 aromatic rings. The molecule has 0 spiro atoms. The summed E-state index contributed by atoms with van der Waals surface area (Å²) < 4.78 is 5.26. The largest absolute Gasteiger partial charge is 0.467 e. The maximum atomic E-state index is 9.88. The topological polar surface area (TPSA) is 52.1 Å². The van der Waals surface area contributed by atoms with E-state index >= 15 is 0 Å². The molecule has 0 N–H and O–H groups in total. The molecule has 0 unspecified atom stereocenters. The van der Waals surface area contributed by atoms with Crippen LogP contribution in [0.5, 0.6) is 0 Å². The third-order valence-corrected chi connectivity index (χ3v) is 2.10. The number of hydrogen-bond donors (Lipinski definition) is 0. The minimum Gasteiger partial charge on any atom is -0.467 e. The molecule has 0 radical (unpaired) electrons. The first-order valence-corrected chi connectivity index (χ1v) is 4.56. The number of carbonyl (C=O) groups excluding carboxylic acids is 1. The summed E-state index contributed by atoms with van der Waals surface area (Å²) in [5, 5.41) is 0. The first-order chi connectivity index (χ1) is 6.24. The molecule has 0 aliphatic heterocycles. The fourth-order valence-corrected chi connectivity index (χ4v) is 1.26. The van der Waals surface area contributed by atoms with Gasteiger partial charge in [-0.05, 0) is 22.9 Å². The molecular formula is C8H9BrN2O2. The van der Waals surface area contributed by atoms with Gasteiger partial charge in [-0.3, -0.25) is 9.78 Å². The predicted molar refractivity (Wildman–Crippen MR) is 50.2 cm³/mol. The molecule has 0 atom stereocenters. The average molecular weight is 245 g/mol. The molecule has 0 aliphatic carbocycles. The van der Waals surface area contributed by atoms with Gasteiger partial charge < -0.3 is 4.74 Å². The van der Waals surface area contributed by atoms with E-state index in [0.717, 1.165) is 11.4 Å². The van der Waals surface area contributed by atoms with Gasteiger partial charge in [-0.25, -0.2) is 4.98 Å². The van der Waals surface area contributed by atoms with Crippen LogP contribution in [0.2, 0.25) is 0 Å². The summed E-state index contributed by atoms with van der Waals surface area (Å²) in [6.07, 6.45) is 2.25. The van der Waals surface area contributed by atoms with E-state index in [2.05, 4.69) is 30.6 Å². The summed E-state index contributed by atoms with van der Waals surface area (Å²) in [6, 6.07) is 0. The fourth-order valence-electron chi connectivity index (χ4n) is 0.875. The molecule has 70 valence electrons. The first-order valence-electron chi connectivity index (χ1n) is 3.77. The number of rotatable bonds is 4. The van der Waals surface area contributed by atoms with Crippen LogP contribution in [0.1, 0.15) is 11.4 Å². The number of halogens is 1. The Balaban J connectivity index is 2.64. The highest BCUT2D eigenvalue weighted by Crippen LogP contribution is 2.11. The Morgan fingerprint density at radius 1 is 1.69 bits per heavy atom. The predicted octanol–water partition coefficient (Wildman–Crippen LogP) is 1.26. The summed E-state index contributed by atoms with van der Waals surface area (Å²) in [4.78, 5) is 18.2. The van der Waals surface area contributed by atoms with Crippen LogP contribution in [0.25, 0.3) is 0 Å². The third kappa shape index (κ3) is 3.10. The molecular weight excluding hydrogens is 236 g/mol. The van der Waals surface area contributed by atoms with Gasteiger partial charge in [0.05, 0.1) is 18.0 Å². The highest BCUT2D eigenvalue weighted by molar-refractivity contribution is 9.10. The normalized spacial score (nSPS) is 9.69. The minimum atomic E-state index is 0.334. The highest BCUT2D eigenvalue weighted by atomic mass is 79.9. The number of nitrogens with zero attached hydrogens (tertiary/aromatic N) is 2. The molecule has 0 aromatic carbocycles. The van der Waals surface area contributed by atoms with Crippen molar-refractivity contribution in [3.8, 4) is 0 Å². The van der Waals surface area contributed by atoms with E-state index in [4.69, 9.17) is 0 Å². The third-order valence-electron chi connectivity index (χ3n) is 1.44. The van der Waals surface area contributed by atoms with Crippen LogP contribution in [0.4, 0.5) is 0 Å². The summed E-state index contributed by atoms with van der Waals surface area (Å²) in [6.45, 7) is 2.63. The maximum absolute atomic E-state index is 9.88. The van der Waals surface area contributed by atoms with E-state index in [1.807, 2.05) is 6.92 Å². The molecule has 0 saturated heterocycles. The molecule has 13 heavy (non-hydrogen) atoms. The number of hydrogen-bond acceptors (Lipinski definition) is 4. The fraction of sp³-hybridized carbons (Fsp3) is 0.375. The molecule has 5 heteroatoms. The second kappa shape index (κ2) is 4.91. The molecule has 1 rings (SSSR count). The second-order valence-electron chi connectivity index (χ2n) is 2.47. The lowest BCUT2D eigenvalue weighted by molar-refractivity contribution is -0.128. The SMILES string of the molecule is Cc1cnc(Br)c(CCOC=O)n1. The molecule has 0 aliphatic rings. The van der Waals surface area contributed by atoms with Gasteiger partial charge in [0.1, 0.15) is 4.60 Å². The second-order valence-corrected chi connectivity index (χ2v) is 3.22. The van der Waals surface area contributed by atoms with Gasteiger partial charge in [-0.15, -0.1) is 0 Å². The van der Waals surface area contributed by atoms with Gasteiger partial charge in [0.2, 0.25) is 0 Å². The maximum Gasteiger partial charge on any atom is 0.293 e. The van der Waals surface area contributed by atoms with E-state index in [0.29, 0.717) is 24.1 Å². The summed E-state index contributed by atoms with van der Waals surface area (Å²) in [7, 11) is 0. The van der Waals surface area contributed by atoms with Crippen molar-refractivity contribution < 1.29 is 9.53 Å². The van der Waals surface area contributed by atoms with Crippen LogP contribution in [0, 0.1) is 6.92 Å². The lowest BCUT2D eigenvalue weighted by Gasteiger charge is -2.02. The number of ether oxygens (including phenoxy) is 1. The highest BCUT2D eigenvalue weighted by Gasteiger charge is 2.02. The zero-order valence-corrected chi connectivity index (χ0v) is 8.74. The Hall–Kier alpha value is -0.970. The van der Waals surface area contributed by atoms with E-state index < -0.39 is 0 Å². The standard InChI is InChI=1S/C8H9BrN2O2/c1-6-4-10-8(9)7(11-6)2-3-13-5-12/h4-5H,2-3H2,1H3. The van der Waals surface area contributed by atoms with Gasteiger partial charge in [-0.2, -0.15) is 0 Å². The van der Waals surface area contributed by atoms with Gasteiger partial charge >= 0.3 is 0 Å². The Bertz CT molecular complexity index is 304. The van der Waals surface area contributed by atoms with E-state index in [-0.39, 0.29) is 0 Å². The van der Waals surface area contributed by atoms with Crippen LogP contribution < -0.4 is 0 Å². The van der Waals surface area contributed by atoms with Crippen LogP contribution >= 0.6 is 15.9 Å². The molecule has 1 aromatic heterocycles. The van der Waals surface area contributed by atoms with Gasteiger partial charge in [0.15, 0.2) is 0 Å². The monoisotopic (exact) mass is 244 g/mol. The molecule has 4 nitrogen and oxygen atoms in total. The van der Waals surface area contributed by atoms with Gasteiger partial charge in [0, 0.05) is 12.6 Å². The molecule has 0 fully saturated rings. The smallest absolute Gasteiger partial charge is 0.293 e. The van der Waals surface area contributed by atoms with Gasteiger partial charge in [0.25, 0.3) is 6.47 Å². The van der Waals surface area contributed by atoms with Crippen molar-refractivity contribution in [2.75, 3.05) is 6.61 Å². The molecule has 1 heterocycles. The van der Waals surface area contributed by atoms with Crippen molar-refractivity contribution in [1.29, 1.82) is 0 Å². The van der Waals surface area contributed by atoms with E-state index in [1.54, 1.807) is 6.20 Å². The summed E-state index contributed by atoms with van der Waals surface area (Å²) in [5.74, 6) is 0. The van der Waals surface area contributed by atoms with Crippen molar-refractivity contribution in [1.82, 2.24) is 9.97 Å². The Morgan fingerprint density at radius 3 is 3.15 bits per heavy atom. The lowest BCUT2D eigenvalue weighted by atomic mass is 10.3. The van der Waals surface area contributed by atoms with Crippen molar-refractivity contribution in [3.63, 3.8) is 0 Å². The van der Waals surface area contributed by atoms with Crippen LogP contribution in [0.3, 0.4) is 0 Å². The van der Waals surface area contributed by atoms with E-state index in [1.165, 1.54) is 0 Å². The zero-order chi connectivity index (χ0) is 9.68. The molecule has 0 amide bonds. The van der Waals surface area contributed by atoms with Crippen LogP contribution in [0.15, 0.2) is 10.8 Å². The van der Waals surface area contributed by atoms with Gasteiger partial charge in [-0.1, -0.05) is 0 Å². The molecule has 0 bridgehead atoms. The minimum absolute atomic E-state index is 0.334. The Morgan fingerprint density at radius 2 is 2.46 bits per heavy atom. The summed E-state index contributed by atoms with van der Waals surface area (Å²) >= 11 is 3.27. The van der Waals surface area contributed by atoms with Crippen molar-refractivity contribution in [2.24, 2.45) is 0 Å². The lowest BCUT2D eigenvalue weighted by Crippen LogP contribution is -2.02. The van der Waals surface area contributed by atoms with Crippen molar-refractivity contribution in [2.45, 2.75) is 13.3 Å². The summed E-state index contributed by atoms with van der Waals surface area (Å²) in [5.41, 5.74) is 1.66. The number of carbonyl (C=O) groups is 1.